The highest BCUT2D eigenvalue weighted by molar-refractivity contribution is 7.98. The Hall–Kier alpha value is -2.72. The van der Waals surface area contributed by atoms with Gasteiger partial charge in [0, 0.05) is 29.6 Å². The van der Waals surface area contributed by atoms with Crippen LogP contribution in [0.1, 0.15) is 20.8 Å². The highest BCUT2D eigenvalue weighted by atomic mass is 32.2. The van der Waals surface area contributed by atoms with Crippen LogP contribution in [0.4, 0.5) is 0 Å². The summed E-state index contributed by atoms with van der Waals surface area (Å²) in [5.41, 5.74) is 1.16. The monoisotopic (exact) mass is 373 g/mol. The summed E-state index contributed by atoms with van der Waals surface area (Å²) >= 11 is 2.45. The zero-order valence-electron chi connectivity index (χ0n) is 12.9. The summed E-state index contributed by atoms with van der Waals surface area (Å²) in [7, 11) is 0. The number of carbonyl (C=O) groups is 1. The van der Waals surface area contributed by atoms with Crippen LogP contribution in [0, 0.1) is 6.92 Å². The second kappa shape index (κ2) is 5.97. The van der Waals surface area contributed by atoms with Gasteiger partial charge in [-0.2, -0.15) is 4.98 Å². The molecule has 0 aliphatic carbocycles. The SMILES string of the molecule is Cc1c(C(=O)O)sc2[nH]c(=O)cc(CSc3nc4ncccn4n3)c12. The van der Waals surface area contributed by atoms with Crippen molar-refractivity contribution in [2.24, 2.45) is 0 Å². The van der Waals surface area contributed by atoms with Gasteiger partial charge >= 0.3 is 5.97 Å². The lowest BCUT2D eigenvalue weighted by atomic mass is 10.1. The summed E-state index contributed by atoms with van der Waals surface area (Å²) in [4.78, 5) is 35.2. The average Bonchev–Trinajstić information content (AvgIpc) is 3.13. The molecule has 0 spiro atoms. The first-order valence-electron chi connectivity index (χ1n) is 7.21. The van der Waals surface area contributed by atoms with Crippen LogP contribution in [0.25, 0.3) is 16.0 Å². The number of H-pyrrole nitrogens is 1. The van der Waals surface area contributed by atoms with Crippen LogP contribution in [0.2, 0.25) is 0 Å². The number of carboxylic acid groups (broad SMARTS) is 1. The molecule has 0 aliphatic rings. The van der Waals surface area contributed by atoms with E-state index in [4.69, 9.17) is 0 Å². The van der Waals surface area contributed by atoms with Gasteiger partial charge in [0.25, 0.3) is 5.78 Å². The van der Waals surface area contributed by atoms with E-state index in [2.05, 4.69) is 20.1 Å². The predicted molar refractivity (Wildman–Crippen MR) is 94.5 cm³/mol. The fourth-order valence-corrected chi connectivity index (χ4v) is 4.49. The van der Waals surface area contributed by atoms with E-state index in [-0.39, 0.29) is 10.4 Å². The number of aromatic carboxylic acids is 1. The van der Waals surface area contributed by atoms with E-state index in [9.17, 15) is 14.7 Å². The maximum absolute atomic E-state index is 11.9. The van der Waals surface area contributed by atoms with E-state index in [0.29, 0.717) is 27.1 Å². The molecular formula is C15H11N5O3S2. The number of aromatic nitrogens is 5. The van der Waals surface area contributed by atoms with Gasteiger partial charge in [-0.25, -0.2) is 14.3 Å². The lowest BCUT2D eigenvalue weighted by Gasteiger charge is -2.02. The van der Waals surface area contributed by atoms with Crippen molar-refractivity contribution >= 4 is 45.1 Å². The van der Waals surface area contributed by atoms with Gasteiger partial charge in [-0.15, -0.1) is 16.4 Å². The van der Waals surface area contributed by atoms with Gasteiger partial charge in [0.1, 0.15) is 9.71 Å². The highest BCUT2D eigenvalue weighted by Gasteiger charge is 2.18. The molecule has 0 radical (unpaired) electrons. The number of nitrogens with one attached hydrogen (secondary N) is 1. The fraction of sp³-hybridized carbons (Fsp3) is 0.133. The number of rotatable bonds is 4. The molecule has 0 aliphatic heterocycles. The van der Waals surface area contributed by atoms with Crippen molar-refractivity contribution in [3.05, 3.63) is 50.9 Å². The summed E-state index contributed by atoms with van der Waals surface area (Å²) in [6.45, 7) is 1.75. The van der Waals surface area contributed by atoms with Crippen LogP contribution in [0.3, 0.4) is 0 Å². The summed E-state index contributed by atoms with van der Waals surface area (Å²) < 4.78 is 1.58. The van der Waals surface area contributed by atoms with Crippen LogP contribution >= 0.6 is 23.1 Å². The van der Waals surface area contributed by atoms with Crippen molar-refractivity contribution in [1.82, 2.24) is 24.6 Å². The fourth-order valence-electron chi connectivity index (χ4n) is 2.60. The molecule has 0 unspecified atom stereocenters. The summed E-state index contributed by atoms with van der Waals surface area (Å²) in [5.74, 6) is -0.0410. The smallest absolute Gasteiger partial charge is 0.346 e. The number of nitrogens with zero attached hydrogens (tertiary/aromatic N) is 4. The minimum absolute atomic E-state index is 0.234. The number of thioether (sulfide) groups is 1. The van der Waals surface area contributed by atoms with Crippen molar-refractivity contribution in [2.45, 2.75) is 17.8 Å². The van der Waals surface area contributed by atoms with Crippen molar-refractivity contribution in [2.75, 3.05) is 0 Å². The molecule has 4 aromatic rings. The second-order valence-electron chi connectivity index (χ2n) is 5.27. The first-order chi connectivity index (χ1) is 12.0. The normalized spacial score (nSPS) is 11.4. The predicted octanol–water partition coefficient (Wildman–Crippen LogP) is 2.33. The number of hydrogen-bond acceptors (Lipinski definition) is 7. The van der Waals surface area contributed by atoms with E-state index in [0.717, 1.165) is 22.3 Å². The minimum atomic E-state index is -0.994. The largest absolute Gasteiger partial charge is 0.477 e. The van der Waals surface area contributed by atoms with Gasteiger partial charge in [0.2, 0.25) is 10.7 Å². The Morgan fingerprint density at radius 1 is 1.48 bits per heavy atom. The third-order valence-electron chi connectivity index (χ3n) is 3.66. The molecule has 0 fully saturated rings. The number of hydrogen-bond donors (Lipinski definition) is 2. The van der Waals surface area contributed by atoms with Gasteiger partial charge in [0.15, 0.2) is 0 Å². The van der Waals surface area contributed by atoms with Crippen molar-refractivity contribution in [3.63, 3.8) is 0 Å². The maximum Gasteiger partial charge on any atom is 0.346 e. The Balaban J connectivity index is 1.73. The summed E-state index contributed by atoms with van der Waals surface area (Å²) in [6.07, 6.45) is 3.40. The number of carboxylic acids is 1. The molecule has 10 heteroatoms. The zero-order valence-corrected chi connectivity index (χ0v) is 14.5. The maximum atomic E-state index is 11.9. The van der Waals surface area contributed by atoms with Gasteiger partial charge in [0.05, 0.1) is 0 Å². The van der Waals surface area contributed by atoms with Gasteiger partial charge in [-0.1, -0.05) is 11.8 Å². The highest BCUT2D eigenvalue weighted by Crippen LogP contribution is 2.33. The van der Waals surface area contributed by atoms with Crippen molar-refractivity contribution < 1.29 is 9.90 Å². The zero-order chi connectivity index (χ0) is 17.6. The number of aryl methyl sites for hydroxylation is 1. The molecule has 4 aromatic heterocycles. The third kappa shape index (κ3) is 2.79. The van der Waals surface area contributed by atoms with Crippen LogP contribution in [0.5, 0.6) is 0 Å². The number of thiophene rings is 1. The second-order valence-corrected chi connectivity index (χ2v) is 7.23. The first kappa shape index (κ1) is 15.8. The van der Waals surface area contributed by atoms with E-state index in [1.165, 1.54) is 17.8 Å². The van der Waals surface area contributed by atoms with Crippen molar-refractivity contribution in [1.29, 1.82) is 0 Å². The molecule has 4 rings (SSSR count). The van der Waals surface area contributed by atoms with Crippen LogP contribution < -0.4 is 5.56 Å². The molecule has 126 valence electrons. The Morgan fingerprint density at radius 3 is 3.08 bits per heavy atom. The lowest BCUT2D eigenvalue weighted by Crippen LogP contribution is -2.05. The Labute approximate surface area is 148 Å². The molecule has 25 heavy (non-hydrogen) atoms. The van der Waals surface area contributed by atoms with Gasteiger partial charge in [-0.05, 0) is 24.1 Å². The molecule has 0 saturated heterocycles. The lowest BCUT2D eigenvalue weighted by molar-refractivity contribution is 0.0701. The first-order valence-corrected chi connectivity index (χ1v) is 9.02. The van der Waals surface area contributed by atoms with E-state index < -0.39 is 5.97 Å². The Kier molecular flexibility index (Phi) is 3.77. The molecule has 4 heterocycles. The Morgan fingerprint density at radius 2 is 2.32 bits per heavy atom. The van der Waals surface area contributed by atoms with Crippen LogP contribution in [-0.4, -0.2) is 35.6 Å². The standard InChI is InChI=1S/C15H11N5O3S2/c1-7-10-8(5-9(21)17-12(10)25-11(7)13(22)23)6-24-15-18-14-16-3-2-4-20(14)19-15/h2-5H,6H2,1H3,(H,17,21)(H,22,23). The number of aromatic amines is 1. The van der Waals surface area contributed by atoms with E-state index >= 15 is 0 Å². The average molecular weight is 373 g/mol. The topological polar surface area (TPSA) is 113 Å². The quantitative estimate of drug-likeness (QED) is 0.528. The number of fused-ring (bicyclic) bond motifs is 2. The molecular weight excluding hydrogens is 362 g/mol. The molecule has 0 bridgehead atoms. The minimum Gasteiger partial charge on any atom is -0.477 e. The molecule has 8 nitrogen and oxygen atoms in total. The van der Waals surface area contributed by atoms with Gasteiger partial charge < -0.3 is 10.1 Å². The van der Waals surface area contributed by atoms with Crippen LogP contribution in [-0.2, 0) is 5.75 Å². The van der Waals surface area contributed by atoms with Crippen LogP contribution in [0.15, 0.2) is 34.5 Å². The van der Waals surface area contributed by atoms with E-state index in [1.807, 2.05) is 0 Å². The van der Waals surface area contributed by atoms with E-state index in [1.54, 1.807) is 29.9 Å². The number of pyridine rings is 1. The molecule has 2 N–H and O–H groups in total. The molecule has 0 atom stereocenters. The molecule has 0 aromatic carbocycles. The summed E-state index contributed by atoms with van der Waals surface area (Å²) in [6, 6.07) is 3.26. The van der Waals surface area contributed by atoms with Gasteiger partial charge in [-0.3, -0.25) is 4.79 Å². The third-order valence-corrected chi connectivity index (χ3v) is 5.74. The van der Waals surface area contributed by atoms with Crippen molar-refractivity contribution in [3.8, 4) is 0 Å². The Bertz CT molecular complexity index is 1140. The summed E-state index contributed by atoms with van der Waals surface area (Å²) in [5, 5.41) is 14.9. The molecule has 0 amide bonds. The molecule has 0 saturated carbocycles.